The van der Waals surface area contributed by atoms with Crippen LogP contribution in [0.4, 0.5) is 0 Å². The molecular weight excluding hydrogens is 1220 g/mol. The lowest BCUT2D eigenvalue weighted by molar-refractivity contribution is -0.161. The van der Waals surface area contributed by atoms with Gasteiger partial charge in [0.1, 0.15) is 19.3 Å². The third-order valence-electron chi connectivity index (χ3n) is 17.2. The number of phosphoric ester groups is 2. The third kappa shape index (κ3) is 68.4. The highest BCUT2D eigenvalue weighted by Gasteiger charge is 2.30. The number of rotatable bonds is 73. The highest BCUT2D eigenvalue weighted by Crippen LogP contribution is 2.45. The smallest absolute Gasteiger partial charge is 0.462 e. The lowest BCUT2D eigenvalue weighted by Gasteiger charge is -2.21. The summed E-state index contributed by atoms with van der Waals surface area (Å²) in [6.45, 7) is 9.61. The summed E-state index contributed by atoms with van der Waals surface area (Å²) < 4.78 is 68.4. The largest absolute Gasteiger partial charge is 0.472 e. The molecule has 0 amide bonds. The van der Waals surface area contributed by atoms with Gasteiger partial charge in [-0.15, -0.1) is 0 Å². The fourth-order valence-corrected chi connectivity index (χ4v) is 12.9. The molecule has 0 rings (SSSR count). The van der Waals surface area contributed by atoms with Gasteiger partial charge in [0.05, 0.1) is 26.4 Å². The van der Waals surface area contributed by atoms with Gasteiger partial charge in [-0.3, -0.25) is 37.3 Å². The number of unbranched alkanes of at least 4 members (excludes halogenated alkanes) is 43. The van der Waals surface area contributed by atoms with E-state index < -0.39 is 97.5 Å². The molecule has 0 aliphatic heterocycles. The number of aliphatic hydroxyl groups is 1. The fraction of sp³-hybridized carbons (Fsp3) is 0.946. The summed E-state index contributed by atoms with van der Waals surface area (Å²) in [4.78, 5) is 72.7. The van der Waals surface area contributed by atoms with Crippen molar-refractivity contribution in [3.8, 4) is 0 Å². The van der Waals surface area contributed by atoms with Crippen LogP contribution in [0.25, 0.3) is 0 Å². The van der Waals surface area contributed by atoms with Crippen LogP contribution in [0.2, 0.25) is 0 Å². The van der Waals surface area contributed by atoms with E-state index in [4.69, 9.17) is 37.0 Å². The number of hydrogen-bond donors (Lipinski definition) is 3. The molecule has 0 saturated carbocycles. The number of hydrogen-bond acceptors (Lipinski definition) is 15. The lowest BCUT2D eigenvalue weighted by Crippen LogP contribution is -2.30. The summed E-state index contributed by atoms with van der Waals surface area (Å²) in [7, 11) is -9.91. The summed E-state index contributed by atoms with van der Waals surface area (Å²) in [5.41, 5.74) is 0. The maximum Gasteiger partial charge on any atom is 0.472 e. The van der Waals surface area contributed by atoms with Crippen molar-refractivity contribution in [2.24, 2.45) is 11.8 Å². The minimum absolute atomic E-state index is 0.107. The van der Waals surface area contributed by atoms with Gasteiger partial charge in [0.15, 0.2) is 12.2 Å². The first kappa shape index (κ1) is 91.1. The molecule has 0 aliphatic rings. The van der Waals surface area contributed by atoms with Crippen LogP contribution in [-0.2, 0) is 65.4 Å². The van der Waals surface area contributed by atoms with E-state index in [1.807, 2.05) is 0 Å². The molecule has 0 spiro atoms. The molecule has 0 saturated heterocycles. The minimum Gasteiger partial charge on any atom is -0.462 e. The summed E-state index contributed by atoms with van der Waals surface area (Å²) in [5, 5.41) is 10.6. The molecule has 0 bridgehead atoms. The zero-order valence-electron chi connectivity index (χ0n) is 60.6. The maximum atomic E-state index is 13.1. The molecule has 5 atom stereocenters. The van der Waals surface area contributed by atoms with E-state index in [1.165, 1.54) is 199 Å². The van der Waals surface area contributed by atoms with Crippen LogP contribution in [-0.4, -0.2) is 96.7 Å². The van der Waals surface area contributed by atoms with Crippen molar-refractivity contribution in [3.05, 3.63) is 0 Å². The molecule has 0 aromatic heterocycles. The quantitative estimate of drug-likeness (QED) is 0.0222. The number of aliphatic hydroxyl groups excluding tert-OH is 1. The Morgan fingerprint density at radius 3 is 0.731 bits per heavy atom. The van der Waals surface area contributed by atoms with Gasteiger partial charge in [-0.2, -0.15) is 0 Å². The first-order valence-corrected chi connectivity index (χ1v) is 41.5. The van der Waals surface area contributed by atoms with Crippen molar-refractivity contribution in [1.29, 1.82) is 0 Å². The van der Waals surface area contributed by atoms with Crippen molar-refractivity contribution in [1.82, 2.24) is 0 Å². The van der Waals surface area contributed by atoms with Gasteiger partial charge in [-0.05, 0) is 37.5 Å². The Labute approximate surface area is 568 Å². The van der Waals surface area contributed by atoms with Crippen LogP contribution < -0.4 is 0 Å². The molecule has 0 fully saturated rings. The van der Waals surface area contributed by atoms with E-state index in [9.17, 15) is 43.2 Å². The lowest BCUT2D eigenvalue weighted by atomic mass is 10.0. The third-order valence-corrected chi connectivity index (χ3v) is 19.1. The molecule has 0 radical (unpaired) electrons. The Bertz CT molecular complexity index is 1800. The SMILES string of the molecule is CCCCCCCCCCCCCCC(=O)O[C@H](COC(=O)CCCCCCCCCCCC)COP(=O)(O)OC[C@H](O)COP(=O)(O)OC[C@@H](COC(=O)CCCCCCCCCCCCCCC(C)C)OC(=O)CCCCCCCCCCCCCCCC(C)C. The molecule has 0 aromatic rings. The van der Waals surface area contributed by atoms with Gasteiger partial charge in [0.2, 0.25) is 0 Å². The number of esters is 4. The Hall–Kier alpha value is -1.94. The molecule has 2 unspecified atom stereocenters. The highest BCUT2D eigenvalue weighted by molar-refractivity contribution is 7.47. The molecule has 3 N–H and O–H groups in total. The van der Waals surface area contributed by atoms with Crippen molar-refractivity contribution in [2.45, 2.75) is 400 Å². The van der Waals surface area contributed by atoms with Gasteiger partial charge in [-0.25, -0.2) is 9.13 Å². The summed E-state index contributed by atoms with van der Waals surface area (Å²) in [5.74, 6) is -0.548. The van der Waals surface area contributed by atoms with Crippen LogP contribution >= 0.6 is 15.6 Å². The van der Waals surface area contributed by atoms with Crippen molar-refractivity contribution < 1.29 is 80.2 Å². The monoisotopic (exact) mass is 1370 g/mol. The minimum atomic E-state index is -4.96. The Kier molecular flexibility index (Phi) is 64.6. The number of carbonyl (C=O) groups excluding carboxylic acids is 4. The van der Waals surface area contributed by atoms with E-state index in [0.29, 0.717) is 25.7 Å². The van der Waals surface area contributed by atoms with Crippen LogP contribution in [0, 0.1) is 11.8 Å². The van der Waals surface area contributed by atoms with Crippen LogP contribution in [0.1, 0.15) is 382 Å². The first-order chi connectivity index (χ1) is 44.9. The molecule has 17 nitrogen and oxygen atoms in total. The predicted octanol–water partition coefficient (Wildman–Crippen LogP) is 21.6. The first-order valence-electron chi connectivity index (χ1n) is 38.5. The predicted molar refractivity (Wildman–Crippen MR) is 377 cm³/mol. The molecule has 19 heteroatoms. The number of ether oxygens (including phenoxy) is 4. The van der Waals surface area contributed by atoms with Gasteiger partial charge < -0.3 is 33.8 Å². The summed E-state index contributed by atoms with van der Waals surface area (Å²) in [6, 6.07) is 0. The molecule has 93 heavy (non-hydrogen) atoms. The van der Waals surface area contributed by atoms with E-state index in [1.54, 1.807) is 0 Å². The van der Waals surface area contributed by atoms with Crippen LogP contribution in [0.3, 0.4) is 0 Å². The Morgan fingerprint density at radius 1 is 0.290 bits per heavy atom. The Morgan fingerprint density at radius 2 is 0.495 bits per heavy atom. The van der Waals surface area contributed by atoms with Crippen LogP contribution in [0.5, 0.6) is 0 Å². The molecule has 0 heterocycles. The second kappa shape index (κ2) is 66.0. The number of phosphoric acid groups is 2. The van der Waals surface area contributed by atoms with E-state index in [2.05, 4.69) is 41.5 Å². The average Bonchev–Trinajstić information content (AvgIpc) is 3.38. The van der Waals surface area contributed by atoms with Gasteiger partial charge in [0.25, 0.3) is 0 Å². The second-order valence-electron chi connectivity index (χ2n) is 27.6. The summed E-state index contributed by atoms with van der Waals surface area (Å²) >= 11 is 0. The molecule has 552 valence electrons. The van der Waals surface area contributed by atoms with Crippen molar-refractivity contribution >= 4 is 39.5 Å². The van der Waals surface area contributed by atoms with E-state index >= 15 is 0 Å². The van der Waals surface area contributed by atoms with Gasteiger partial charge >= 0.3 is 39.5 Å². The van der Waals surface area contributed by atoms with Crippen LogP contribution in [0.15, 0.2) is 0 Å². The topological polar surface area (TPSA) is 237 Å². The average molecular weight is 1370 g/mol. The fourth-order valence-electron chi connectivity index (χ4n) is 11.3. The standard InChI is InChI=1S/C74H144O17P2/c1-7-9-11-13-15-17-19-27-34-40-46-52-58-73(78)90-69(62-84-71(76)56-50-44-38-32-18-16-14-12-10-8-2)64-88-92(80,81)86-60-68(75)61-87-93(82,83)89-65-70(63-85-72(77)57-51-45-39-33-28-24-23-26-31-37-43-49-55-67(5)6)91-74(79)59-53-47-41-35-29-22-20-21-25-30-36-42-48-54-66(3)4/h66-70,75H,7-65H2,1-6H3,(H,80,81)(H,82,83)/t68-,69+,70+/m0/s1. The highest BCUT2D eigenvalue weighted by atomic mass is 31.2. The van der Waals surface area contributed by atoms with Crippen molar-refractivity contribution in [2.75, 3.05) is 39.6 Å². The molecule has 0 aliphatic carbocycles. The second-order valence-corrected chi connectivity index (χ2v) is 30.5. The zero-order valence-corrected chi connectivity index (χ0v) is 62.3. The van der Waals surface area contributed by atoms with E-state index in [0.717, 1.165) is 102 Å². The maximum absolute atomic E-state index is 13.1. The van der Waals surface area contributed by atoms with Gasteiger partial charge in [0, 0.05) is 25.7 Å². The van der Waals surface area contributed by atoms with E-state index in [-0.39, 0.29) is 25.7 Å². The Balaban J connectivity index is 5.25. The molecule has 0 aromatic carbocycles. The normalized spacial score (nSPS) is 14.1. The number of carbonyl (C=O) groups is 4. The summed E-state index contributed by atoms with van der Waals surface area (Å²) in [6.07, 6.45) is 52.5. The van der Waals surface area contributed by atoms with Gasteiger partial charge in [-0.1, -0.05) is 330 Å². The molecular formula is C74H144O17P2. The zero-order chi connectivity index (χ0) is 68.6. The van der Waals surface area contributed by atoms with Crippen molar-refractivity contribution in [3.63, 3.8) is 0 Å².